The highest BCUT2D eigenvalue weighted by Crippen LogP contribution is 2.15. The Hall–Kier alpha value is -1.64. The van der Waals surface area contributed by atoms with Gasteiger partial charge in [-0.15, -0.1) is 0 Å². The molecule has 1 aromatic carbocycles. The number of carbonyl (C=O) groups is 1. The first-order chi connectivity index (χ1) is 10.7. The highest BCUT2D eigenvalue weighted by Gasteiger charge is 2.17. The summed E-state index contributed by atoms with van der Waals surface area (Å²) >= 11 is 0. The number of carbonyl (C=O) groups excluding carboxylic acids is 1. The molecule has 8 heteroatoms. The van der Waals surface area contributed by atoms with Crippen LogP contribution < -0.4 is 10.2 Å². The van der Waals surface area contributed by atoms with Gasteiger partial charge in [-0.25, -0.2) is 8.42 Å². The number of amides is 1. The van der Waals surface area contributed by atoms with Crippen LogP contribution in [0.1, 0.15) is 6.42 Å². The fourth-order valence-electron chi connectivity index (χ4n) is 1.93. The Morgan fingerprint density at radius 3 is 2.26 bits per heavy atom. The van der Waals surface area contributed by atoms with E-state index in [2.05, 4.69) is 5.32 Å². The van der Waals surface area contributed by atoms with E-state index in [-0.39, 0.29) is 25.4 Å². The van der Waals surface area contributed by atoms with Crippen molar-refractivity contribution >= 4 is 27.3 Å². The van der Waals surface area contributed by atoms with E-state index < -0.39 is 10.0 Å². The summed E-state index contributed by atoms with van der Waals surface area (Å²) in [5.41, 5.74) is 1.72. The average Bonchev–Trinajstić information content (AvgIpc) is 2.46. The molecule has 1 N–H and O–H groups in total. The van der Waals surface area contributed by atoms with Gasteiger partial charge in [0.25, 0.3) is 0 Å². The van der Waals surface area contributed by atoms with Crippen molar-refractivity contribution in [3.63, 3.8) is 0 Å². The monoisotopic (exact) mass is 343 g/mol. The summed E-state index contributed by atoms with van der Waals surface area (Å²) in [6.07, 6.45) is 1.22. The Kier molecular flexibility index (Phi) is 7.47. The molecule has 0 atom stereocenters. The molecular weight excluding hydrogens is 318 g/mol. The topological polar surface area (TPSA) is 79.0 Å². The van der Waals surface area contributed by atoms with Crippen molar-refractivity contribution in [3.05, 3.63) is 24.3 Å². The van der Waals surface area contributed by atoms with Crippen molar-refractivity contribution in [2.75, 3.05) is 57.4 Å². The van der Waals surface area contributed by atoms with Crippen molar-refractivity contribution in [2.24, 2.45) is 0 Å². The summed E-state index contributed by atoms with van der Waals surface area (Å²) in [5.74, 6) is -0.228. The number of benzene rings is 1. The molecule has 0 unspecified atom stereocenters. The maximum Gasteiger partial charge on any atom is 0.225 e. The van der Waals surface area contributed by atoms with E-state index in [1.807, 2.05) is 43.3 Å². The van der Waals surface area contributed by atoms with E-state index >= 15 is 0 Å². The van der Waals surface area contributed by atoms with Gasteiger partial charge in [0.2, 0.25) is 15.9 Å². The number of hydrogen-bond acceptors (Lipinski definition) is 5. The van der Waals surface area contributed by atoms with Gasteiger partial charge in [0, 0.05) is 52.1 Å². The third-order valence-electron chi connectivity index (χ3n) is 3.27. The lowest BCUT2D eigenvalue weighted by molar-refractivity contribution is -0.116. The molecular formula is C15H25N3O4S. The molecule has 1 rings (SSSR count). The molecule has 0 saturated carbocycles. The van der Waals surface area contributed by atoms with Crippen LogP contribution >= 0.6 is 0 Å². The predicted molar refractivity (Wildman–Crippen MR) is 92.3 cm³/mol. The van der Waals surface area contributed by atoms with Gasteiger partial charge in [-0.3, -0.25) is 4.79 Å². The standard InChI is InChI=1S/C15H25N3O4S/c1-17(2)14-7-5-13(6-8-14)16-15(19)9-10-18(11-12-22-3)23(4,20)21/h5-8H,9-12H2,1-4H3,(H,16,19). The molecule has 0 aliphatic rings. The number of nitrogens with zero attached hydrogens (tertiary/aromatic N) is 2. The zero-order valence-corrected chi connectivity index (χ0v) is 14.9. The van der Waals surface area contributed by atoms with Crippen LogP contribution in [0.3, 0.4) is 0 Å². The zero-order chi connectivity index (χ0) is 17.5. The highest BCUT2D eigenvalue weighted by atomic mass is 32.2. The minimum absolute atomic E-state index is 0.0895. The van der Waals surface area contributed by atoms with Crippen LogP contribution in [0.4, 0.5) is 11.4 Å². The molecule has 0 spiro atoms. The fourth-order valence-corrected chi connectivity index (χ4v) is 2.76. The lowest BCUT2D eigenvalue weighted by atomic mass is 10.2. The fraction of sp³-hybridized carbons (Fsp3) is 0.533. The van der Waals surface area contributed by atoms with Gasteiger partial charge < -0.3 is 15.0 Å². The number of rotatable bonds is 9. The Morgan fingerprint density at radius 2 is 1.78 bits per heavy atom. The summed E-state index contributed by atoms with van der Waals surface area (Å²) in [5, 5.41) is 2.76. The first-order valence-corrected chi connectivity index (χ1v) is 9.10. The predicted octanol–water partition coefficient (Wildman–Crippen LogP) is 0.989. The molecule has 1 aromatic rings. The average molecular weight is 343 g/mol. The molecule has 0 radical (unpaired) electrons. The van der Waals surface area contributed by atoms with Crippen molar-refractivity contribution in [1.29, 1.82) is 0 Å². The van der Waals surface area contributed by atoms with Gasteiger partial charge in [-0.05, 0) is 24.3 Å². The molecule has 0 aromatic heterocycles. The van der Waals surface area contributed by atoms with Gasteiger partial charge in [-0.2, -0.15) is 4.31 Å². The van der Waals surface area contributed by atoms with Crippen LogP contribution in [0.25, 0.3) is 0 Å². The number of sulfonamides is 1. The molecule has 0 aliphatic carbocycles. The number of anilines is 2. The zero-order valence-electron chi connectivity index (χ0n) is 14.1. The Morgan fingerprint density at radius 1 is 1.17 bits per heavy atom. The number of methoxy groups -OCH3 is 1. The van der Waals surface area contributed by atoms with E-state index in [1.54, 1.807) is 0 Å². The van der Waals surface area contributed by atoms with E-state index in [0.29, 0.717) is 12.3 Å². The summed E-state index contributed by atoms with van der Waals surface area (Å²) in [6, 6.07) is 7.42. The molecule has 130 valence electrons. The molecule has 23 heavy (non-hydrogen) atoms. The van der Waals surface area contributed by atoms with E-state index in [9.17, 15) is 13.2 Å². The van der Waals surface area contributed by atoms with E-state index in [4.69, 9.17) is 4.74 Å². The second-order valence-corrected chi connectivity index (χ2v) is 7.38. The first-order valence-electron chi connectivity index (χ1n) is 7.25. The minimum Gasteiger partial charge on any atom is -0.383 e. The normalized spacial score (nSPS) is 11.5. The lowest BCUT2D eigenvalue weighted by Crippen LogP contribution is -2.35. The second kappa shape index (κ2) is 8.85. The van der Waals surface area contributed by atoms with Gasteiger partial charge in [0.15, 0.2) is 0 Å². The van der Waals surface area contributed by atoms with Gasteiger partial charge in [0.1, 0.15) is 0 Å². The van der Waals surface area contributed by atoms with Crippen molar-refractivity contribution < 1.29 is 17.9 Å². The van der Waals surface area contributed by atoms with Gasteiger partial charge in [0.05, 0.1) is 12.9 Å². The maximum absolute atomic E-state index is 12.0. The Bertz CT molecular complexity index is 600. The van der Waals surface area contributed by atoms with Crippen LogP contribution in [-0.2, 0) is 19.6 Å². The molecule has 0 saturated heterocycles. The SMILES string of the molecule is COCCN(CCC(=O)Nc1ccc(N(C)C)cc1)S(C)(=O)=O. The Labute approximate surface area is 138 Å². The number of nitrogens with one attached hydrogen (secondary N) is 1. The van der Waals surface area contributed by atoms with E-state index in [0.717, 1.165) is 11.9 Å². The summed E-state index contributed by atoms with van der Waals surface area (Å²) < 4.78 is 29.4. The molecule has 7 nitrogen and oxygen atoms in total. The van der Waals surface area contributed by atoms with Gasteiger partial charge in [-0.1, -0.05) is 0 Å². The number of ether oxygens (including phenoxy) is 1. The van der Waals surface area contributed by atoms with Crippen LogP contribution in [0.5, 0.6) is 0 Å². The quantitative estimate of drug-likeness (QED) is 0.723. The van der Waals surface area contributed by atoms with Crippen LogP contribution in [0, 0.1) is 0 Å². The van der Waals surface area contributed by atoms with Crippen molar-refractivity contribution in [2.45, 2.75) is 6.42 Å². The van der Waals surface area contributed by atoms with Crippen molar-refractivity contribution in [3.8, 4) is 0 Å². The molecule has 1 amide bonds. The molecule has 0 heterocycles. The maximum atomic E-state index is 12.0. The number of hydrogen-bond donors (Lipinski definition) is 1. The molecule has 0 aliphatic heterocycles. The van der Waals surface area contributed by atoms with E-state index in [1.165, 1.54) is 11.4 Å². The lowest BCUT2D eigenvalue weighted by Gasteiger charge is -2.19. The summed E-state index contributed by atoms with van der Waals surface area (Å²) in [4.78, 5) is 13.9. The summed E-state index contributed by atoms with van der Waals surface area (Å²) in [7, 11) is 2.03. The van der Waals surface area contributed by atoms with Crippen LogP contribution in [0.2, 0.25) is 0 Å². The second-order valence-electron chi connectivity index (χ2n) is 5.39. The van der Waals surface area contributed by atoms with Crippen molar-refractivity contribution in [1.82, 2.24) is 4.31 Å². The Balaban J connectivity index is 2.54. The smallest absolute Gasteiger partial charge is 0.225 e. The molecule has 0 bridgehead atoms. The third-order valence-corrected chi connectivity index (χ3v) is 4.57. The minimum atomic E-state index is -3.35. The summed E-state index contributed by atoms with van der Waals surface area (Å²) in [6.45, 7) is 0.657. The highest BCUT2D eigenvalue weighted by molar-refractivity contribution is 7.88. The largest absolute Gasteiger partial charge is 0.383 e. The first kappa shape index (κ1) is 19.4. The van der Waals surface area contributed by atoms with Crippen LogP contribution in [-0.4, -0.2) is 65.8 Å². The third kappa shape index (κ3) is 6.98. The molecule has 0 fully saturated rings. The van der Waals surface area contributed by atoms with Crippen LogP contribution in [0.15, 0.2) is 24.3 Å². The van der Waals surface area contributed by atoms with Gasteiger partial charge >= 0.3 is 0 Å².